The molecule has 42 heavy (non-hydrogen) atoms. The van der Waals surface area contributed by atoms with E-state index < -0.39 is 21.2 Å². The zero-order valence-electron chi connectivity index (χ0n) is 25.3. The fraction of sp³-hybridized carbons (Fsp3) is 0.606. The zero-order chi connectivity index (χ0) is 30.1. The van der Waals surface area contributed by atoms with Crippen LogP contribution in [0.15, 0.2) is 36.4 Å². The van der Waals surface area contributed by atoms with E-state index in [0.29, 0.717) is 29.8 Å². The van der Waals surface area contributed by atoms with E-state index in [9.17, 15) is 13.2 Å². The van der Waals surface area contributed by atoms with Crippen LogP contribution in [0.1, 0.15) is 87.2 Å². The minimum absolute atomic E-state index is 0.101. The van der Waals surface area contributed by atoms with Crippen LogP contribution in [0.25, 0.3) is 0 Å². The molecule has 230 valence electrons. The largest absolute Gasteiger partial charge is 0.487 e. The number of carbonyl (C=O) groups excluding carboxylic acids is 1. The lowest BCUT2D eigenvalue weighted by Crippen LogP contribution is -2.50. The highest BCUT2D eigenvalue weighted by Crippen LogP contribution is 2.47. The standard InChI is InChI=1S/C33H45ClN2O5S/c1-22-8-7-16-33(3,40-4)29-14-11-26(29)20-36-17-6-5-9-24-18-28(34)13-10-27(24)21-41-31-15-12-25(19-30(31)36)32(37)35-42(38,39)23(22)2/h10,12-13,15,18-19,22-23,26,29H,5-9,11,14,16-17,20-21H2,1-4H3,(H,35,37)/t22-,23+,26-,29+,33+/m0/s1. The number of fused-ring (bicyclic) bond motifs is 3. The molecule has 1 N–H and O–H groups in total. The molecule has 2 bridgehead atoms. The van der Waals surface area contributed by atoms with Gasteiger partial charge < -0.3 is 14.4 Å². The SMILES string of the molecule is CO[C@]1(C)CCC[C@H](C)[C@@H](C)S(=O)(=O)NC(=O)c2ccc3c(c2)N(CCCCc2cc(Cl)ccc2CO3)C[C@@H]2CC[C@H]21. The third-order valence-electron chi connectivity index (χ3n) is 10.2. The number of aryl methyl sites for hydroxylation is 1. The van der Waals surface area contributed by atoms with Gasteiger partial charge in [-0.3, -0.25) is 4.79 Å². The summed E-state index contributed by atoms with van der Waals surface area (Å²) in [5, 5.41) is 0.0227. The van der Waals surface area contributed by atoms with E-state index in [1.54, 1.807) is 13.0 Å². The fourth-order valence-corrected chi connectivity index (χ4v) is 8.49. The summed E-state index contributed by atoms with van der Waals surface area (Å²) in [4.78, 5) is 15.7. The Kier molecular flexibility index (Phi) is 9.45. The highest BCUT2D eigenvalue weighted by molar-refractivity contribution is 7.90. The van der Waals surface area contributed by atoms with Crippen molar-refractivity contribution in [2.75, 3.05) is 25.1 Å². The number of rotatable bonds is 1. The number of amides is 1. The first kappa shape index (κ1) is 31.1. The molecule has 5 atom stereocenters. The lowest BCUT2D eigenvalue weighted by Gasteiger charge is -2.50. The van der Waals surface area contributed by atoms with E-state index in [4.69, 9.17) is 21.1 Å². The molecule has 1 saturated carbocycles. The summed E-state index contributed by atoms with van der Waals surface area (Å²) in [6.07, 6.45) is 7.62. The molecule has 2 aromatic carbocycles. The van der Waals surface area contributed by atoms with Gasteiger partial charge in [-0.15, -0.1) is 0 Å². The molecular weight excluding hydrogens is 572 g/mol. The molecular formula is C33H45ClN2O5S. The van der Waals surface area contributed by atoms with Gasteiger partial charge in [0, 0.05) is 30.8 Å². The van der Waals surface area contributed by atoms with Crippen LogP contribution in [-0.4, -0.2) is 45.4 Å². The van der Waals surface area contributed by atoms with Gasteiger partial charge in [0.2, 0.25) is 10.0 Å². The first-order chi connectivity index (χ1) is 20.0. The molecule has 0 unspecified atom stereocenters. The van der Waals surface area contributed by atoms with Crippen molar-refractivity contribution < 1.29 is 22.7 Å². The highest BCUT2D eigenvalue weighted by Gasteiger charge is 2.45. The van der Waals surface area contributed by atoms with Crippen molar-refractivity contribution in [3.63, 3.8) is 0 Å². The molecule has 0 aromatic heterocycles. The molecule has 9 heteroatoms. The molecule has 0 saturated heterocycles. The Morgan fingerprint density at radius 3 is 2.60 bits per heavy atom. The van der Waals surface area contributed by atoms with Gasteiger partial charge in [0.15, 0.2) is 0 Å². The first-order valence-corrected chi connectivity index (χ1v) is 17.3. The van der Waals surface area contributed by atoms with Crippen molar-refractivity contribution in [2.45, 2.75) is 89.6 Å². The third-order valence-corrected chi connectivity index (χ3v) is 12.4. The second-order valence-corrected chi connectivity index (χ2v) is 15.3. The number of methoxy groups -OCH3 is 1. The van der Waals surface area contributed by atoms with Crippen LogP contribution in [0, 0.1) is 17.8 Å². The maximum absolute atomic E-state index is 13.4. The average Bonchev–Trinajstić information content (AvgIpc) is 2.97. The Morgan fingerprint density at radius 1 is 1.05 bits per heavy atom. The Bertz CT molecular complexity index is 1400. The topological polar surface area (TPSA) is 84.9 Å². The smallest absolute Gasteiger partial charge is 0.264 e. The number of nitrogens with one attached hydrogen (secondary N) is 1. The van der Waals surface area contributed by atoms with Crippen molar-refractivity contribution in [3.05, 3.63) is 58.1 Å². The number of carbonyl (C=O) groups is 1. The quantitative estimate of drug-likeness (QED) is 0.381. The van der Waals surface area contributed by atoms with Gasteiger partial charge in [0.05, 0.1) is 16.5 Å². The van der Waals surface area contributed by atoms with Crippen molar-refractivity contribution in [1.29, 1.82) is 0 Å². The number of nitrogens with zero attached hydrogens (tertiary/aromatic N) is 1. The molecule has 2 aromatic rings. The number of benzene rings is 2. The normalized spacial score (nSPS) is 30.4. The van der Waals surface area contributed by atoms with Gasteiger partial charge in [-0.2, -0.15) is 0 Å². The number of hydrogen-bond acceptors (Lipinski definition) is 6. The average molecular weight is 617 g/mol. The monoisotopic (exact) mass is 616 g/mol. The van der Waals surface area contributed by atoms with Gasteiger partial charge in [0.1, 0.15) is 12.4 Å². The molecule has 7 nitrogen and oxygen atoms in total. The molecule has 0 spiro atoms. The summed E-state index contributed by atoms with van der Waals surface area (Å²) >= 11 is 6.33. The lowest BCUT2D eigenvalue weighted by atomic mass is 9.63. The maximum Gasteiger partial charge on any atom is 0.264 e. The van der Waals surface area contributed by atoms with Crippen molar-refractivity contribution in [2.24, 2.45) is 17.8 Å². The van der Waals surface area contributed by atoms with E-state index in [1.807, 2.05) is 44.4 Å². The van der Waals surface area contributed by atoms with E-state index in [1.165, 1.54) is 5.56 Å². The Morgan fingerprint density at radius 2 is 1.86 bits per heavy atom. The predicted molar refractivity (Wildman–Crippen MR) is 168 cm³/mol. The number of hydrogen-bond donors (Lipinski definition) is 1. The van der Waals surface area contributed by atoms with Crippen LogP contribution in [0.2, 0.25) is 5.02 Å². The number of anilines is 1. The summed E-state index contributed by atoms with van der Waals surface area (Å²) in [5.41, 5.74) is 3.16. The molecule has 2 aliphatic heterocycles. The Balaban J connectivity index is 1.55. The molecule has 3 aliphatic rings. The van der Waals surface area contributed by atoms with Crippen molar-refractivity contribution in [1.82, 2.24) is 4.72 Å². The van der Waals surface area contributed by atoms with Crippen LogP contribution in [0.4, 0.5) is 5.69 Å². The van der Waals surface area contributed by atoms with Gasteiger partial charge in [-0.05, 0) is 118 Å². The first-order valence-electron chi connectivity index (χ1n) is 15.4. The van der Waals surface area contributed by atoms with Crippen LogP contribution in [-0.2, 0) is 27.8 Å². The van der Waals surface area contributed by atoms with Crippen LogP contribution >= 0.6 is 11.6 Å². The van der Waals surface area contributed by atoms with Gasteiger partial charge >= 0.3 is 0 Å². The molecule has 5 rings (SSSR count). The van der Waals surface area contributed by atoms with E-state index >= 15 is 0 Å². The number of halogens is 1. The molecule has 1 fully saturated rings. The summed E-state index contributed by atoms with van der Waals surface area (Å²) < 4.78 is 41.5. The van der Waals surface area contributed by atoms with Crippen LogP contribution < -0.4 is 14.4 Å². The summed E-state index contributed by atoms with van der Waals surface area (Å²) in [7, 11) is -2.05. The van der Waals surface area contributed by atoms with E-state index in [0.717, 1.165) is 80.7 Å². The second-order valence-electron chi connectivity index (χ2n) is 12.8. The molecule has 1 amide bonds. The summed E-state index contributed by atoms with van der Waals surface area (Å²) in [6.45, 7) is 7.89. The Labute approximate surface area is 256 Å². The van der Waals surface area contributed by atoms with Crippen molar-refractivity contribution >= 4 is 33.2 Å². The molecule has 2 heterocycles. The van der Waals surface area contributed by atoms with Crippen LogP contribution in [0.3, 0.4) is 0 Å². The zero-order valence-corrected chi connectivity index (χ0v) is 26.9. The summed E-state index contributed by atoms with van der Waals surface area (Å²) in [6, 6.07) is 11.2. The number of sulfonamides is 1. The number of ether oxygens (including phenoxy) is 2. The predicted octanol–water partition coefficient (Wildman–Crippen LogP) is 6.76. The second kappa shape index (κ2) is 12.7. The summed E-state index contributed by atoms with van der Waals surface area (Å²) in [5.74, 6) is 0.839. The van der Waals surface area contributed by atoms with Gasteiger partial charge in [-0.1, -0.05) is 31.0 Å². The van der Waals surface area contributed by atoms with E-state index in [2.05, 4.69) is 16.5 Å². The molecule has 0 radical (unpaired) electrons. The van der Waals surface area contributed by atoms with Crippen LogP contribution in [0.5, 0.6) is 5.75 Å². The fourth-order valence-electron chi connectivity index (χ4n) is 6.99. The van der Waals surface area contributed by atoms with Gasteiger partial charge in [-0.25, -0.2) is 13.1 Å². The lowest BCUT2D eigenvalue weighted by molar-refractivity contribution is -0.103. The minimum atomic E-state index is -3.87. The molecule has 1 aliphatic carbocycles. The maximum atomic E-state index is 13.4. The third kappa shape index (κ3) is 6.61. The van der Waals surface area contributed by atoms with Gasteiger partial charge in [0.25, 0.3) is 5.91 Å². The van der Waals surface area contributed by atoms with E-state index in [-0.39, 0.29) is 11.5 Å². The highest BCUT2D eigenvalue weighted by atomic mass is 35.5. The van der Waals surface area contributed by atoms with Crippen molar-refractivity contribution in [3.8, 4) is 5.75 Å². The Hall–Kier alpha value is -2.29. The minimum Gasteiger partial charge on any atom is -0.487 e.